The number of nitrogens with one attached hydrogen (secondary N) is 1. The number of halogens is 2. The van der Waals surface area contributed by atoms with Crippen LogP contribution in [0.2, 0.25) is 10.0 Å². The molecule has 1 amide bonds. The van der Waals surface area contributed by atoms with E-state index in [1.807, 2.05) is 0 Å². The Morgan fingerprint density at radius 2 is 1.75 bits per heavy atom. The largest absolute Gasteiger partial charge is 0.337 e. The van der Waals surface area contributed by atoms with Crippen LogP contribution in [0, 0.1) is 12.3 Å². The fourth-order valence-corrected chi connectivity index (χ4v) is 1.86. The first kappa shape index (κ1) is 16.3. The molecule has 0 bridgehead atoms. The van der Waals surface area contributed by atoms with E-state index in [-0.39, 0.29) is 5.78 Å². The Morgan fingerprint density at radius 3 is 2.25 bits per heavy atom. The van der Waals surface area contributed by atoms with Crippen LogP contribution in [0.25, 0.3) is 0 Å². The third-order valence-electron chi connectivity index (χ3n) is 2.33. The third-order valence-corrected chi connectivity index (χ3v) is 2.77. The van der Waals surface area contributed by atoms with Gasteiger partial charge in [0, 0.05) is 21.7 Å². The predicted molar refractivity (Wildman–Crippen MR) is 81.0 cm³/mol. The molecule has 5 heteroatoms. The number of hydrogen-bond acceptors (Lipinski definition) is 2. The van der Waals surface area contributed by atoms with Crippen molar-refractivity contribution < 1.29 is 9.59 Å². The third kappa shape index (κ3) is 5.08. The van der Waals surface area contributed by atoms with Gasteiger partial charge in [-0.1, -0.05) is 29.1 Å². The highest BCUT2D eigenvalue weighted by molar-refractivity contribution is 6.35. The molecule has 0 aliphatic carbocycles. The van der Waals surface area contributed by atoms with Gasteiger partial charge in [0.25, 0.3) is 0 Å². The maximum atomic E-state index is 11.9. The quantitative estimate of drug-likeness (QED) is 0.527. The molecular weight excluding hydrogens is 297 g/mol. The van der Waals surface area contributed by atoms with Crippen LogP contribution < -0.4 is 5.32 Å². The topological polar surface area (TPSA) is 46.2 Å². The summed E-state index contributed by atoms with van der Waals surface area (Å²) in [6.07, 6.45) is 7.51. The van der Waals surface area contributed by atoms with E-state index in [1.54, 1.807) is 13.8 Å². The van der Waals surface area contributed by atoms with Crippen molar-refractivity contribution in [3.63, 3.8) is 0 Å². The molecule has 1 N–H and O–H groups in total. The van der Waals surface area contributed by atoms with Gasteiger partial charge < -0.3 is 5.32 Å². The number of carbonyl (C=O) groups is 2. The summed E-state index contributed by atoms with van der Waals surface area (Å²) in [6.45, 7) is 3.36. The molecule has 0 fully saturated rings. The number of rotatable bonds is 4. The molecular formula is C15H13Cl2NO2. The first-order valence-corrected chi connectivity index (χ1v) is 6.47. The van der Waals surface area contributed by atoms with Gasteiger partial charge in [0.1, 0.15) is 0 Å². The first-order chi connectivity index (χ1) is 9.23. The molecule has 0 aliphatic heterocycles. The summed E-state index contributed by atoms with van der Waals surface area (Å²) in [6, 6.07) is 4.47. The molecule has 104 valence electrons. The molecule has 0 radical (unpaired) electrons. The molecule has 0 aromatic heterocycles. The van der Waals surface area contributed by atoms with Crippen molar-refractivity contribution in [1.82, 2.24) is 5.32 Å². The highest BCUT2D eigenvalue weighted by atomic mass is 35.5. The van der Waals surface area contributed by atoms with E-state index in [2.05, 4.69) is 11.2 Å². The van der Waals surface area contributed by atoms with Crippen LogP contribution in [0.15, 0.2) is 30.4 Å². The van der Waals surface area contributed by atoms with Gasteiger partial charge in [-0.2, -0.15) is 0 Å². The van der Waals surface area contributed by atoms with Crippen LogP contribution in [0.4, 0.5) is 0 Å². The van der Waals surface area contributed by atoms with Gasteiger partial charge in [-0.15, -0.1) is 6.42 Å². The monoisotopic (exact) mass is 309 g/mol. The first-order valence-electron chi connectivity index (χ1n) is 5.72. The lowest BCUT2D eigenvalue weighted by atomic mass is 10.1. The SMILES string of the molecule is C#CC(C)(C)NC(=O)/C=C/C(=O)c1cc(Cl)cc(Cl)c1. The van der Waals surface area contributed by atoms with Crippen LogP contribution >= 0.6 is 23.2 Å². The zero-order valence-corrected chi connectivity index (χ0v) is 12.5. The van der Waals surface area contributed by atoms with E-state index < -0.39 is 11.4 Å². The van der Waals surface area contributed by atoms with E-state index in [9.17, 15) is 9.59 Å². The fraction of sp³-hybridized carbons (Fsp3) is 0.200. The van der Waals surface area contributed by atoms with E-state index >= 15 is 0 Å². The molecule has 20 heavy (non-hydrogen) atoms. The average Bonchev–Trinajstić information content (AvgIpc) is 2.34. The van der Waals surface area contributed by atoms with Crippen molar-refractivity contribution in [2.45, 2.75) is 19.4 Å². The number of terminal acetylenes is 1. The van der Waals surface area contributed by atoms with Gasteiger partial charge in [0.2, 0.25) is 5.91 Å². The van der Waals surface area contributed by atoms with Crippen molar-refractivity contribution in [2.24, 2.45) is 0 Å². The minimum Gasteiger partial charge on any atom is -0.337 e. The van der Waals surface area contributed by atoms with Crippen molar-refractivity contribution in [1.29, 1.82) is 0 Å². The van der Waals surface area contributed by atoms with Crippen molar-refractivity contribution in [2.75, 3.05) is 0 Å². The molecule has 0 saturated carbocycles. The van der Waals surface area contributed by atoms with Crippen LogP contribution in [0.3, 0.4) is 0 Å². The number of benzene rings is 1. The molecule has 0 unspecified atom stereocenters. The standard InChI is InChI=1S/C15H13Cl2NO2/c1-4-15(2,3)18-14(20)6-5-13(19)10-7-11(16)9-12(17)8-10/h1,5-9H,2-3H3,(H,18,20)/b6-5+. The minimum atomic E-state index is -0.774. The second-order valence-corrected chi connectivity index (χ2v) is 5.49. The number of carbonyl (C=O) groups excluding carboxylic acids is 2. The Hall–Kier alpha value is -1.76. The molecule has 3 nitrogen and oxygen atoms in total. The molecule has 1 aromatic rings. The molecule has 1 rings (SSSR count). The maximum absolute atomic E-state index is 11.9. The lowest BCUT2D eigenvalue weighted by molar-refractivity contribution is -0.117. The molecule has 0 atom stereocenters. The summed E-state index contributed by atoms with van der Waals surface area (Å²) in [5.41, 5.74) is -0.466. The van der Waals surface area contributed by atoms with Gasteiger partial charge in [0.05, 0.1) is 5.54 Å². The summed E-state index contributed by atoms with van der Waals surface area (Å²) in [5, 5.41) is 3.28. The zero-order chi connectivity index (χ0) is 15.3. The predicted octanol–water partition coefficient (Wildman–Crippen LogP) is 3.26. The van der Waals surface area contributed by atoms with Crippen LogP contribution in [-0.4, -0.2) is 17.2 Å². The molecule has 0 spiro atoms. The lowest BCUT2D eigenvalue weighted by Gasteiger charge is -2.17. The second kappa shape index (κ2) is 6.60. The van der Waals surface area contributed by atoms with Crippen molar-refractivity contribution >= 4 is 34.9 Å². The number of ketones is 1. The van der Waals surface area contributed by atoms with E-state index in [4.69, 9.17) is 29.6 Å². The highest BCUT2D eigenvalue weighted by Crippen LogP contribution is 2.19. The summed E-state index contributed by atoms with van der Waals surface area (Å²) >= 11 is 11.6. The molecule has 1 aromatic carbocycles. The highest BCUT2D eigenvalue weighted by Gasteiger charge is 2.15. The van der Waals surface area contributed by atoms with E-state index in [0.29, 0.717) is 15.6 Å². The van der Waals surface area contributed by atoms with E-state index in [0.717, 1.165) is 12.2 Å². The van der Waals surface area contributed by atoms with Gasteiger partial charge in [-0.3, -0.25) is 9.59 Å². The summed E-state index contributed by atoms with van der Waals surface area (Å²) < 4.78 is 0. The maximum Gasteiger partial charge on any atom is 0.245 e. The Kier molecular flexibility index (Phi) is 5.38. The molecule has 0 aliphatic rings. The number of allylic oxidation sites excluding steroid dienone is 1. The summed E-state index contributed by atoms with van der Waals surface area (Å²) in [4.78, 5) is 23.5. The fourth-order valence-electron chi connectivity index (χ4n) is 1.33. The van der Waals surface area contributed by atoms with Gasteiger partial charge in [-0.05, 0) is 38.1 Å². The van der Waals surface area contributed by atoms with E-state index in [1.165, 1.54) is 18.2 Å². The number of hydrogen-bond donors (Lipinski definition) is 1. The lowest BCUT2D eigenvalue weighted by Crippen LogP contribution is -2.41. The normalized spacial score (nSPS) is 11.2. The van der Waals surface area contributed by atoms with Crippen LogP contribution in [0.1, 0.15) is 24.2 Å². The van der Waals surface area contributed by atoms with Crippen molar-refractivity contribution in [3.8, 4) is 12.3 Å². The summed E-state index contributed by atoms with van der Waals surface area (Å²) in [5.74, 6) is 1.60. The zero-order valence-electron chi connectivity index (χ0n) is 11.0. The number of amides is 1. The minimum absolute atomic E-state index is 0.308. The van der Waals surface area contributed by atoms with Gasteiger partial charge in [-0.25, -0.2) is 0 Å². The Bertz CT molecular complexity index is 593. The summed E-state index contributed by atoms with van der Waals surface area (Å²) in [7, 11) is 0. The van der Waals surface area contributed by atoms with Crippen LogP contribution in [0.5, 0.6) is 0 Å². The molecule has 0 heterocycles. The smallest absolute Gasteiger partial charge is 0.245 e. The van der Waals surface area contributed by atoms with Gasteiger partial charge >= 0.3 is 0 Å². The van der Waals surface area contributed by atoms with Crippen molar-refractivity contribution in [3.05, 3.63) is 46.0 Å². The second-order valence-electron chi connectivity index (χ2n) is 4.61. The molecule has 0 saturated heterocycles. The Morgan fingerprint density at radius 1 is 1.20 bits per heavy atom. The van der Waals surface area contributed by atoms with Gasteiger partial charge in [0.15, 0.2) is 5.78 Å². The Labute approximate surface area is 128 Å². The average molecular weight is 310 g/mol. The van der Waals surface area contributed by atoms with Crippen LogP contribution in [-0.2, 0) is 4.79 Å². The Balaban J connectivity index is 2.78.